The SMILES string of the molecule is CSc1cccc(NC(=O)CSc2nc3cc(C)[nH]c3c(=O)[nH]2)c1. The van der Waals surface area contributed by atoms with Gasteiger partial charge in [0.2, 0.25) is 5.91 Å². The summed E-state index contributed by atoms with van der Waals surface area (Å²) in [6, 6.07) is 9.45. The Bertz CT molecular complexity index is 949. The largest absolute Gasteiger partial charge is 0.353 e. The molecule has 2 aromatic heterocycles. The Morgan fingerprint density at radius 1 is 1.29 bits per heavy atom. The second kappa shape index (κ2) is 7.14. The molecule has 0 radical (unpaired) electrons. The minimum atomic E-state index is -0.233. The topological polar surface area (TPSA) is 90.6 Å². The number of H-pyrrole nitrogens is 2. The van der Waals surface area contributed by atoms with Crippen LogP contribution in [-0.4, -0.2) is 32.9 Å². The van der Waals surface area contributed by atoms with E-state index in [-0.39, 0.29) is 17.2 Å². The summed E-state index contributed by atoms with van der Waals surface area (Å²) in [7, 11) is 0. The zero-order valence-electron chi connectivity index (χ0n) is 13.2. The Labute approximate surface area is 146 Å². The minimum Gasteiger partial charge on any atom is -0.353 e. The Balaban J connectivity index is 1.66. The van der Waals surface area contributed by atoms with Crippen molar-refractivity contribution in [2.24, 2.45) is 0 Å². The fraction of sp³-hybridized carbons (Fsp3) is 0.188. The maximum atomic E-state index is 12.1. The highest BCUT2D eigenvalue weighted by Crippen LogP contribution is 2.20. The van der Waals surface area contributed by atoms with E-state index in [1.165, 1.54) is 11.8 Å². The lowest BCUT2D eigenvalue weighted by Crippen LogP contribution is -2.15. The first kappa shape index (κ1) is 16.7. The smallest absolute Gasteiger partial charge is 0.275 e. The number of nitrogens with one attached hydrogen (secondary N) is 3. The Morgan fingerprint density at radius 3 is 2.92 bits per heavy atom. The van der Waals surface area contributed by atoms with Gasteiger partial charge < -0.3 is 10.3 Å². The molecule has 8 heteroatoms. The quantitative estimate of drug-likeness (QED) is 0.481. The van der Waals surface area contributed by atoms with Crippen LogP contribution in [0.5, 0.6) is 0 Å². The molecule has 0 aliphatic rings. The van der Waals surface area contributed by atoms with Crippen molar-refractivity contribution in [2.75, 3.05) is 17.3 Å². The number of hydrogen-bond donors (Lipinski definition) is 3. The van der Waals surface area contributed by atoms with Gasteiger partial charge in [0, 0.05) is 16.3 Å². The van der Waals surface area contributed by atoms with Crippen LogP contribution in [0.25, 0.3) is 11.0 Å². The molecular weight excluding hydrogens is 344 g/mol. The summed E-state index contributed by atoms with van der Waals surface area (Å²) in [4.78, 5) is 35.1. The first-order valence-corrected chi connectivity index (χ1v) is 9.42. The summed E-state index contributed by atoms with van der Waals surface area (Å²) in [6.45, 7) is 1.87. The van der Waals surface area contributed by atoms with Gasteiger partial charge in [0.15, 0.2) is 5.16 Å². The predicted molar refractivity (Wildman–Crippen MR) is 99.0 cm³/mol. The number of nitrogens with zero attached hydrogens (tertiary/aromatic N) is 1. The lowest BCUT2D eigenvalue weighted by atomic mass is 10.3. The molecule has 24 heavy (non-hydrogen) atoms. The molecule has 0 bridgehead atoms. The number of aromatic nitrogens is 3. The highest BCUT2D eigenvalue weighted by atomic mass is 32.2. The fourth-order valence-corrected chi connectivity index (χ4v) is 3.36. The normalized spacial score (nSPS) is 10.9. The molecule has 0 saturated heterocycles. The summed E-state index contributed by atoms with van der Waals surface area (Å²) < 4.78 is 0. The van der Waals surface area contributed by atoms with E-state index >= 15 is 0 Å². The van der Waals surface area contributed by atoms with E-state index in [1.54, 1.807) is 11.8 Å². The molecular formula is C16H16N4O2S2. The maximum absolute atomic E-state index is 12.1. The maximum Gasteiger partial charge on any atom is 0.275 e. The van der Waals surface area contributed by atoms with Crippen molar-refractivity contribution in [3.05, 3.63) is 46.4 Å². The van der Waals surface area contributed by atoms with Gasteiger partial charge in [-0.15, -0.1) is 11.8 Å². The van der Waals surface area contributed by atoms with Crippen LogP contribution in [0, 0.1) is 6.92 Å². The number of aromatic amines is 2. The van der Waals surface area contributed by atoms with Gasteiger partial charge in [-0.2, -0.15) is 0 Å². The molecule has 0 saturated carbocycles. The highest BCUT2D eigenvalue weighted by Gasteiger charge is 2.09. The number of thioether (sulfide) groups is 2. The van der Waals surface area contributed by atoms with Crippen LogP contribution in [0.4, 0.5) is 5.69 Å². The van der Waals surface area contributed by atoms with E-state index in [0.29, 0.717) is 16.2 Å². The molecule has 2 heterocycles. The first-order chi connectivity index (χ1) is 11.5. The van der Waals surface area contributed by atoms with Crippen LogP contribution in [0.2, 0.25) is 0 Å². The number of hydrogen-bond acceptors (Lipinski definition) is 5. The minimum absolute atomic E-state index is 0.147. The van der Waals surface area contributed by atoms with Crippen molar-refractivity contribution in [1.82, 2.24) is 15.0 Å². The van der Waals surface area contributed by atoms with Crippen LogP contribution in [-0.2, 0) is 4.79 Å². The molecule has 0 aliphatic carbocycles. The van der Waals surface area contributed by atoms with Crippen molar-refractivity contribution in [3.63, 3.8) is 0 Å². The van der Waals surface area contributed by atoms with Gasteiger partial charge in [0.05, 0.1) is 11.3 Å². The third kappa shape index (κ3) is 3.82. The van der Waals surface area contributed by atoms with Crippen LogP contribution >= 0.6 is 23.5 Å². The standard InChI is InChI=1S/C16H16N4O2S2/c1-9-6-12-14(17-9)15(22)20-16(19-12)24-8-13(21)18-10-4-3-5-11(7-10)23-2/h3-7,17H,8H2,1-2H3,(H,18,21)(H,19,20,22). The predicted octanol–water partition coefficient (Wildman–Crippen LogP) is 3.01. The van der Waals surface area contributed by atoms with E-state index < -0.39 is 0 Å². The van der Waals surface area contributed by atoms with Gasteiger partial charge in [-0.1, -0.05) is 17.8 Å². The van der Waals surface area contributed by atoms with Crippen molar-refractivity contribution < 1.29 is 4.79 Å². The number of amides is 1. The number of carbonyl (C=O) groups excluding carboxylic acids is 1. The lowest BCUT2D eigenvalue weighted by molar-refractivity contribution is -0.113. The molecule has 3 aromatic rings. The molecule has 6 nitrogen and oxygen atoms in total. The van der Waals surface area contributed by atoms with Crippen molar-refractivity contribution in [3.8, 4) is 0 Å². The van der Waals surface area contributed by atoms with Crippen molar-refractivity contribution in [2.45, 2.75) is 17.0 Å². The van der Waals surface area contributed by atoms with Gasteiger partial charge in [-0.05, 0) is 37.4 Å². The van der Waals surface area contributed by atoms with E-state index in [4.69, 9.17) is 0 Å². The summed E-state index contributed by atoms with van der Waals surface area (Å²) in [5.41, 5.74) is 2.45. The van der Waals surface area contributed by atoms with Gasteiger partial charge in [-0.25, -0.2) is 4.98 Å². The Kier molecular flexibility index (Phi) is 4.96. The molecule has 0 fully saturated rings. The fourth-order valence-electron chi connectivity index (χ4n) is 2.23. The molecule has 1 aromatic carbocycles. The zero-order valence-corrected chi connectivity index (χ0v) is 14.8. The average Bonchev–Trinajstić information content (AvgIpc) is 2.94. The highest BCUT2D eigenvalue weighted by molar-refractivity contribution is 7.99. The first-order valence-electron chi connectivity index (χ1n) is 7.21. The van der Waals surface area contributed by atoms with Gasteiger partial charge in [0.25, 0.3) is 5.56 Å². The van der Waals surface area contributed by atoms with E-state index in [1.807, 2.05) is 43.5 Å². The van der Waals surface area contributed by atoms with Gasteiger partial charge >= 0.3 is 0 Å². The molecule has 0 atom stereocenters. The molecule has 3 rings (SSSR count). The Hall–Kier alpha value is -2.19. The number of rotatable bonds is 5. The Morgan fingerprint density at radius 2 is 2.12 bits per heavy atom. The van der Waals surface area contributed by atoms with Crippen LogP contribution in [0.15, 0.2) is 45.2 Å². The number of anilines is 1. The molecule has 124 valence electrons. The summed E-state index contributed by atoms with van der Waals surface area (Å²) in [5.74, 6) is 0.0210. The average molecular weight is 360 g/mol. The summed E-state index contributed by atoms with van der Waals surface area (Å²) >= 11 is 2.81. The number of fused-ring (bicyclic) bond motifs is 1. The number of benzene rings is 1. The van der Waals surface area contributed by atoms with E-state index in [0.717, 1.165) is 16.3 Å². The molecule has 1 amide bonds. The molecule has 0 unspecified atom stereocenters. The van der Waals surface area contributed by atoms with E-state index in [2.05, 4.69) is 20.3 Å². The zero-order chi connectivity index (χ0) is 17.1. The lowest BCUT2D eigenvalue weighted by Gasteiger charge is -2.06. The van der Waals surface area contributed by atoms with Crippen LogP contribution in [0.1, 0.15) is 5.69 Å². The van der Waals surface area contributed by atoms with E-state index in [9.17, 15) is 9.59 Å². The second-order valence-corrected chi connectivity index (χ2v) is 7.00. The van der Waals surface area contributed by atoms with Crippen LogP contribution < -0.4 is 10.9 Å². The third-order valence-corrected chi connectivity index (χ3v) is 4.89. The van der Waals surface area contributed by atoms with Crippen LogP contribution in [0.3, 0.4) is 0 Å². The number of aryl methyl sites for hydroxylation is 1. The molecule has 0 aliphatic heterocycles. The summed E-state index contributed by atoms with van der Waals surface area (Å²) in [6.07, 6.45) is 1.98. The van der Waals surface area contributed by atoms with Gasteiger partial charge in [-0.3, -0.25) is 14.6 Å². The third-order valence-electron chi connectivity index (χ3n) is 3.29. The molecule has 0 spiro atoms. The summed E-state index contributed by atoms with van der Waals surface area (Å²) in [5, 5.41) is 3.27. The number of carbonyl (C=O) groups is 1. The van der Waals surface area contributed by atoms with Gasteiger partial charge in [0.1, 0.15) is 5.52 Å². The molecule has 3 N–H and O–H groups in total. The second-order valence-electron chi connectivity index (χ2n) is 5.15. The van der Waals surface area contributed by atoms with Crippen molar-refractivity contribution >= 4 is 46.2 Å². The van der Waals surface area contributed by atoms with Crippen molar-refractivity contribution in [1.29, 1.82) is 0 Å². The monoisotopic (exact) mass is 360 g/mol.